The highest BCUT2D eigenvalue weighted by Crippen LogP contribution is 2.40. The van der Waals surface area contributed by atoms with Gasteiger partial charge in [-0.3, -0.25) is 14.4 Å². The normalized spacial score (nSPS) is 17.2. The maximum atomic E-state index is 12.9. The summed E-state index contributed by atoms with van der Waals surface area (Å²) in [6, 6.07) is 11.6. The second-order valence-corrected chi connectivity index (χ2v) is 9.30. The van der Waals surface area contributed by atoms with Crippen LogP contribution in [-0.2, 0) is 4.79 Å². The van der Waals surface area contributed by atoms with Gasteiger partial charge in [-0.05, 0) is 68.0 Å². The topological polar surface area (TPSA) is 76.2 Å². The zero-order valence-corrected chi connectivity index (χ0v) is 19.8. The number of amides is 2. The molecule has 2 aromatic carbocycles. The lowest BCUT2D eigenvalue weighted by Gasteiger charge is -2.39. The molecule has 4 rings (SSSR count). The van der Waals surface area contributed by atoms with Gasteiger partial charge in [-0.1, -0.05) is 12.1 Å². The number of likely N-dealkylation sites (tertiary alicyclic amines) is 2. The first-order chi connectivity index (χ1) is 17.0. The number of hydrogen-bond donors (Lipinski definition) is 0. The van der Waals surface area contributed by atoms with E-state index >= 15 is 0 Å². The van der Waals surface area contributed by atoms with Crippen molar-refractivity contribution in [2.75, 3.05) is 32.8 Å². The number of ether oxygens (including phenoxy) is 2. The average molecular weight is 505 g/mol. The molecule has 0 atom stereocenters. The van der Waals surface area contributed by atoms with E-state index in [1.807, 2.05) is 4.90 Å². The lowest BCUT2D eigenvalue weighted by molar-refractivity contribution is -0.274. The molecule has 2 saturated heterocycles. The Bertz CT molecular complexity index is 1110. The van der Waals surface area contributed by atoms with E-state index in [1.165, 1.54) is 19.1 Å². The van der Waals surface area contributed by atoms with Crippen LogP contribution in [0.2, 0.25) is 0 Å². The van der Waals surface area contributed by atoms with Crippen LogP contribution in [0.4, 0.5) is 13.2 Å². The molecule has 2 amide bonds. The molecular formula is C26H27F3N2O5. The molecule has 2 aromatic rings. The Morgan fingerprint density at radius 2 is 1.36 bits per heavy atom. The number of carbonyl (C=O) groups is 3. The minimum absolute atomic E-state index is 0.0402. The molecule has 7 nitrogen and oxygen atoms in total. The van der Waals surface area contributed by atoms with Crippen LogP contribution < -0.4 is 9.47 Å². The maximum Gasteiger partial charge on any atom is 0.573 e. The van der Waals surface area contributed by atoms with E-state index in [4.69, 9.17) is 4.74 Å². The SMILES string of the molecule is CC(=O)c1ccc(C(=O)N2CCC3(CCN(C(=O)COc4ccc(OC(F)(F)F)cc4)C3)CC2)cc1. The second kappa shape index (κ2) is 10.2. The van der Waals surface area contributed by atoms with Gasteiger partial charge in [0.05, 0.1) is 0 Å². The number of rotatable bonds is 6. The minimum atomic E-state index is -4.77. The van der Waals surface area contributed by atoms with Gasteiger partial charge < -0.3 is 19.3 Å². The van der Waals surface area contributed by atoms with Gasteiger partial charge in [0.25, 0.3) is 11.8 Å². The summed E-state index contributed by atoms with van der Waals surface area (Å²) in [4.78, 5) is 40.5. The van der Waals surface area contributed by atoms with Gasteiger partial charge in [0.15, 0.2) is 12.4 Å². The van der Waals surface area contributed by atoms with Crippen molar-refractivity contribution in [1.82, 2.24) is 9.80 Å². The molecule has 0 bridgehead atoms. The van der Waals surface area contributed by atoms with Crippen molar-refractivity contribution in [2.45, 2.75) is 32.5 Å². The molecule has 192 valence electrons. The smallest absolute Gasteiger partial charge is 0.484 e. The highest BCUT2D eigenvalue weighted by atomic mass is 19.4. The second-order valence-electron chi connectivity index (χ2n) is 9.30. The molecule has 2 aliphatic heterocycles. The molecule has 2 aliphatic rings. The lowest BCUT2D eigenvalue weighted by Crippen LogP contribution is -2.45. The molecule has 2 fully saturated rings. The van der Waals surface area contributed by atoms with Crippen molar-refractivity contribution in [1.29, 1.82) is 0 Å². The number of nitrogens with zero attached hydrogens (tertiary/aromatic N) is 2. The van der Waals surface area contributed by atoms with Gasteiger partial charge in [-0.15, -0.1) is 13.2 Å². The number of carbonyl (C=O) groups excluding carboxylic acids is 3. The summed E-state index contributed by atoms with van der Waals surface area (Å²) in [6.45, 7) is 3.65. The van der Waals surface area contributed by atoms with E-state index in [-0.39, 0.29) is 41.1 Å². The number of halogens is 3. The first-order valence-electron chi connectivity index (χ1n) is 11.7. The van der Waals surface area contributed by atoms with Crippen molar-refractivity contribution in [3.63, 3.8) is 0 Å². The summed E-state index contributed by atoms with van der Waals surface area (Å²) in [5.41, 5.74) is 1.08. The zero-order chi connectivity index (χ0) is 25.9. The molecule has 0 aliphatic carbocycles. The molecule has 10 heteroatoms. The highest BCUT2D eigenvalue weighted by Gasteiger charge is 2.42. The van der Waals surface area contributed by atoms with Gasteiger partial charge in [0.1, 0.15) is 11.5 Å². The molecule has 0 aromatic heterocycles. The number of Topliss-reactive ketones (excluding diaryl/α,β-unsaturated/α-hetero) is 1. The Hall–Kier alpha value is -3.56. The minimum Gasteiger partial charge on any atom is -0.484 e. The number of hydrogen-bond acceptors (Lipinski definition) is 5. The Morgan fingerprint density at radius 1 is 0.833 bits per heavy atom. The number of benzene rings is 2. The number of ketones is 1. The first kappa shape index (κ1) is 25.5. The maximum absolute atomic E-state index is 12.9. The van der Waals surface area contributed by atoms with Gasteiger partial charge >= 0.3 is 6.36 Å². The van der Waals surface area contributed by atoms with Crippen LogP contribution in [0.15, 0.2) is 48.5 Å². The van der Waals surface area contributed by atoms with Gasteiger partial charge in [-0.2, -0.15) is 0 Å². The van der Waals surface area contributed by atoms with Crippen LogP contribution in [-0.4, -0.2) is 66.5 Å². The van der Waals surface area contributed by atoms with Crippen molar-refractivity contribution >= 4 is 17.6 Å². The van der Waals surface area contributed by atoms with Crippen molar-refractivity contribution in [2.24, 2.45) is 5.41 Å². The molecule has 0 N–H and O–H groups in total. The Balaban J connectivity index is 1.24. The van der Waals surface area contributed by atoms with E-state index in [0.29, 0.717) is 37.3 Å². The summed E-state index contributed by atoms with van der Waals surface area (Å²) in [6.07, 6.45) is -2.35. The predicted octanol–water partition coefficient (Wildman–Crippen LogP) is 4.32. The third kappa shape index (κ3) is 6.16. The van der Waals surface area contributed by atoms with Crippen LogP contribution in [0.5, 0.6) is 11.5 Å². The molecule has 1 spiro atoms. The fourth-order valence-electron chi connectivity index (χ4n) is 4.74. The fraction of sp³-hybridized carbons (Fsp3) is 0.423. The monoisotopic (exact) mass is 504 g/mol. The summed E-state index contributed by atoms with van der Waals surface area (Å²) in [7, 11) is 0. The van der Waals surface area contributed by atoms with E-state index < -0.39 is 6.36 Å². The summed E-state index contributed by atoms with van der Waals surface area (Å²) in [5, 5.41) is 0. The molecular weight excluding hydrogens is 477 g/mol. The summed E-state index contributed by atoms with van der Waals surface area (Å²) >= 11 is 0. The molecule has 36 heavy (non-hydrogen) atoms. The summed E-state index contributed by atoms with van der Waals surface area (Å²) < 4.78 is 46.1. The van der Waals surface area contributed by atoms with Gasteiger partial charge in [0.2, 0.25) is 0 Å². The lowest BCUT2D eigenvalue weighted by atomic mass is 9.77. The summed E-state index contributed by atoms with van der Waals surface area (Å²) in [5.74, 6) is -0.388. The quantitative estimate of drug-likeness (QED) is 0.548. The Kier molecular flexibility index (Phi) is 7.23. The van der Waals surface area contributed by atoms with Crippen molar-refractivity contribution < 1.29 is 37.0 Å². The highest BCUT2D eigenvalue weighted by molar-refractivity contribution is 5.97. The average Bonchev–Trinajstić information content (AvgIpc) is 3.26. The Labute approximate surface area is 206 Å². The first-order valence-corrected chi connectivity index (χ1v) is 11.7. The third-order valence-electron chi connectivity index (χ3n) is 6.86. The molecule has 0 saturated carbocycles. The molecule has 0 unspecified atom stereocenters. The fourth-order valence-corrected chi connectivity index (χ4v) is 4.74. The van der Waals surface area contributed by atoms with Crippen molar-refractivity contribution in [3.8, 4) is 11.5 Å². The van der Waals surface area contributed by atoms with Gasteiger partial charge in [0, 0.05) is 37.3 Å². The predicted molar refractivity (Wildman–Crippen MR) is 124 cm³/mol. The van der Waals surface area contributed by atoms with Crippen LogP contribution in [0.25, 0.3) is 0 Å². The zero-order valence-electron chi connectivity index (χ0n) is 19.8. The van der Waals surface area contributed by atoms with Crippen molar-refractivity contribution in [3.05, 3.63) is 59.7 Å². The largest absolute Gasteiger partial charge is 0.573 e. The van der Waals surface area contributed by atoms with Crippen LogP contribution in [0.1, 0.15) is 46.9 Å². The van der Waals surface area contributed by atoms with Crippen LogP contribution in [0, 0.1) is 5.41 Å². The Morgan fingerprint density at radius 3 is 1.92 bits per heavy atom. The van der Waals surface area contributed by atoms with E-state index in [2.05, 4.69) is 4.74 Å². The standard InChI is InChI=1S/C26H27F3N2O5/c1-18(32)19-2-4-20(5-3-19)24(34)30-13-10-25(11-14-30)12-15-31(17-25)23(33)16-35-21-6-8-22(9-7-21)36-26(27,28)29/h2-9H,10-17H2,1H3. The third-order valence-corrected chi connectivity index (χ3v) is 6.86. The molecule has 2 heterocycles. The number of piperidine rings is 1. The van der Waals surface area contributed by atoms with E-state index in [1.54, 1.807) is 29.2 Å². The van der Waals surface area contributed by atoms with E-state index in [0.717, 1.165) is 31.4 Å². The molecule has 0 radical (unpaired) electrons. The van der Waals surface area contributed by atoms with Gasteiger partial charge in [-0.25, -0.2) is 0 Å². The van der Waals surface area contributed by atoms with Crippen LogP contribution >= 0.6 is 0 Å². The van der Waals surface area contributed by atoms with Crippen LogP contribution in [0.3, 0.4) is 0 Å². The number of alkyl halides is 3. The van der Waals surface area contributed by atoms with E-state index in [9.17, 15) is 27.6 Å².